The number of nitrogens with zero attached hydrogens (tertiary/aromatic N) is 3. The first-order chi connectivity index (χ1) is 10.2. The summed E-state index contributed by atoms with van der Waals surface area (Å²) >= 11 is 3.49. The molecule has 0 bridgehead atoms. The van der Waals surface area contributed by atoms with E-state index in [0.717, 1.165) is 34.2 Å². The summed E-state index contributed by atoms with van der Waals surface area (Å²) < 4.78 is 3.06. The van der Waals surface area contributed by atoms with Crippen LogP contribution in [0.4, 0.5) is 0 Å². The van der Waals surface area contributed by atoms with Gasteiger partial charge in [0, 0.05) is 16.6 Å². The molecule has 0 unspecified atom stereocenters. The van der Waals surface area contributed by atoms with Crippen LogP contribution in [0.5, 0.6) is 0 Å². The van der Waals surface area contributed by atoms with Gasteiger partial charge in [-0.05, 0) is 35.4 Å². The second-order valence-corrected chi connectivity index (χ2v) is 5.87. The van der Waals surface area contributed by atoms with Gasteiger partial charge in [-0.25, -0.2) is 0 Å². The number of fused-ring (bicyclic) bond motifs is 1. The Balaban J connectivity index is 2.11. The average Bonchev–Trinajstić information content (AvgIpc) is 2.90. The molecule has 1 N–H and O–H groups in total. The molecule has 2 aromatic carbocycles. The number of hydrogen-bond donors (Lipinski definition) is 1. The third-order valence-corrected chi connectivity index (χ3v) is 3.97. The topological polar surface area (TPSA) is 50.9 Å². The molecule has 0 saturated heterocycles. The van der Waals surface area contributed by atoms with Crippen molar-refractivity contribution >= 4 is 26.7 Å². The van der Waals surface area contributed by atoms with Crippen molar-refractivity contribution in [1.29, 1.82) is 0 Å². The molecule has 5 heteroatoms. The van der Waals surface area contributed by atoms with Crippen LogP contribution in [0.2, 0.25) is 0 Å². The molecule has 3 rings (SSSR count). The van der Waals surface area contributed by atoms with Crippen molar-refractivity contribution in [2.45, 2.75) is 26.5 Å². The van der Waals surface area contributed by atoms with E-state index in [1.807, 2.05) is 16.7 Å². The lowest BCUT2D eigenvalue weighted by molar-refractivity contribution is 0.264. The molecular formula is C16H16BrN3O. The minimum absolute atomic E-state index is 0.0898. The predicted molar refractivity (Wildman–Crippen MR) is 86.9 cm³/mol. The molecule has 4 nitrogen and oxygen atoms in total. The zero-order valence-corrected chi connectivity index (χ0v) is 13.3. The number of aliphatic hydroxyl groups excluding tert-OH is 1. The van der Waals surface area contributed by atoms with Crippen LogP contribution < -0.4 is 0 Å². The molecule has 0 aliphatic heterocycles. The zero-order chi connectivity index (χ0) is 14.8. The van der Waals surface area contributed by atoms with Gasteiger partial charge in [0.15, 0.2) is 11.6 Å². The van der Waals surface area contributed by atoms with Crippen LogP contribution in [-0.2, 0) is 13.2 Å². The molecule has 1 aromatic heterocycles. The summed E-state index contributed by atoms with van der Waals surface area (Å²) in [6, 6.07) is 12.4. The van der Waals surface area contributed by atoms with Gasteiger partial charge >= 0.3 is 0 Å². The molecule has 3 aromatic rings. The number of benzene rings is 2. The zero-order valence-electron chi connectivity index (χ0n) is 11.8. The van der Waals surface area contributed by atoms with Crippen LogP contribution in [0, 0.1) is 0 Å². The van der Waals surface area contributed by atoms with Crippen molar-refractivity contribution in [2.75, 3.05) is 0 Å². The van der Waals surface area contributed by atoms with Gasteiger partial charge in [-0.1, -0.05) is 41.1 Å². The first-order valence-electron chi connectivity index (χ1n) is 6.95. The fraction of sp³-hybridized carbons (Fsp3) is 0.250. The molecule has 0 spiro atoms. The van der Waals surface area contributed by atoms with Gasteiger partial charge in [0.2, 0.25) is 0 Å². The third-order valence-electron chi connectivity index (χ3n) is 3.48. The van der Waals surface area contributed by atoms with Gasteiger partial charge in [-0.3, -0.25) is 0 Å². The van der Waals surface area contributed by atoms with Crippen molar-refractivity contribution in [3.63, 3.8) is 0 Å². The second kappa shape index (κ2) is 5.95. The van der Waals surface area contributed by atoms with Crippen LogP contribution in [0.3, 0.4) is 0 Å². The minimum atomic E-state index is -0.0898. The Hall–Kier alpha value is -1.72. The van der Waals surface area contributed by atoms with Crippen molar-refractivity contribution in [2.24, 2.45) is 0 Å². The molecule has 0 atom stereocenters. The quantitative estimate of drug-likeness (QED) is 0.783. The monoisotopic (exact) mass is 345 g/mol. The lowest BCUT2D eigenvalue weighted by atomic mass is 10.1. The van der Waals surface area contributed by atoms with Crippen molar-refractivity contribution < 1.29 is 5.11 Å². The summed E-state index contributed by atoms with van der Waals surface area (Å²) in [4.78, 5) is 0. The Morgan fingerprint density at radius 2 is 1.86 bits per heavy atom. The predicted octanol–water partition coefficient (Wildman–Crippen LogP) is 3.76. The van der Waals surface area contributed by atoms with Gasteiger partial charge in [0.05, 0.1) is 0 Å². The summed E-state index contributed by atoms with van der Waals surface area (Å²) in [6.07, 6.45) is 0.971. The first-order valence-corrected chi connectivity index (χ1v) is 7.75. The van der Waals surface area contributed by atoms with E-state index in [9.17, 15) is 5.11 Å². The summed E-state index contributed by atoms with van der Waals surface area (Å²) in [6.45, 7) is 2.81. The van der Waals surface area contributed by atoms with Crippen LogP contribution in [0.1, 0.15) is 19.2 Å². The Morgan fingerprint density at radius 1 is 1.10 bits per heavy atom. The minimum Gasteiger partial charge on any atom is -0.388 e. The first kappa shape index (κ1) is 14.2. The molecule has 0 aliphatic rings. The van der Waals surface area contributed by atoms with E-state index >= 15 is 0 Å². The maximum absolute atomic E-state index is 9.38. The molecule has 0 saturated carbocycles. The summed E-state index contributed by atoms with van der Waals surface area (Å²) in [5, 5.41) is 20.0. The standard InChI is InChI=1S/C16H16BrN3O/c1-2-7-20-15(10-21)18-19-16(20)13-4-3-12-9-14(17)6-5-11(12)8-13/h3-6,8-9,21H,2,7,10H2,1H3. The molecular weight excluding hydrogens is 330 g/mol. The van der Waals surface area contributed by atoms with Crippen LogP contribution in [0.25, 0.3) is 22.2 Å². The highest BCUT2D eigenvalue weighted by molar-refractivity contribution is 9.10. The van der Waals surface area contributed by atoms with E-state index < -0.39 is 0 Å². The van der Waals surface area contributed by atoms with E-state index in [1.165, 1.54) is 5.39 Å². The van der Waals surface area contributed by atoms with E-state index in [0.29, 0.717) is 5.82 Å². The molecule has 0 fully saturated rings. The molecule has 1 heterocycles. The fourth-order valence-corrected chi connectivity index (χ4v) is 2.86. The lowest BCUT2D eigenvalue weighted by Gasteiger charge is -2.08. The van der Waals surface area contributed by atoms with Crippen LogP contribution in [-0.4, -0.2) is 19.9 Å². The van der Waals surface area contributed by atoms with E-state index in [1.54, 1.807) is 0 Å². The molecule has 0 amide bonds. The average molecular weight is 346 g/mol. The van der Waals surface area contributed by atoms with Crippen molar-refractivity contribution in [3.8, 4) is 11.4 Å². The highest BCUT2D eigenvalue weighted by atomic mass is 79.9. The number of hydrogen-bond acceptors (Lipinski definition) is 3. The maximum atomic E-state index is 9.38. The summed E-state index contributed by atoms with van der Waals surface area (Å²) in [5.74, 6) is 1.42. The van der Waals surface area contributed by atoms with Gasteiger partial charge < -0.3 is 9.67 Å². The summed E-state index contributed by atoms with van der Waals surface area (Å²) in [5.41, 5.74) is 1.02. The van der Waals surface area contributed by atoms with E-state index in [2.05, 4.69) is 57.3 Å². The Morgan fingerprint density at radius 3 is 2.62 bits per heavy atom. The number of aliphatic hydroxyl groups is 1. The van der Waals surface area contributed by atoms with Gasteiger partial charge in [-0.2, -0.15) is 0 Å². The highest BCUT2D eigenvalue weighted by Gasteiger charge is 2.12. The fourth-order valence-electron chi connectivity index (χ4n) is 2.48. The van der Waals surface area contributed by atoms with Crippen molar-refractivity contribution in [3.05, 3.63) is 46.7 Å². The molecule has 0 aliphatic carbocycles. The Labute approximate surface area is 131 Å². The number of rotatable bonds is 4. The molecule has 108 valence electrons. The normalized spacial score (nSPS) is 11.2. The van der Waals surface area contributed by atoms with Gasteiger partial charge in [0.1, 0.15) is 6.61 Å². The number of halogens is 1. The highest BCUT2D eigenvalue weighted by Crippen LogP contribution is 2.26. The summed E-state index contributed by atoms with van der Waals surface area (Å²) in [7, 11) is 0. The lowest BCUT2D eigenvalue weighted by Crippen LogP contribution is -2.05. The van der Waals surface area contributed by atoms with Crippen molar-refractivity contribution in [1.82, 2.24) is 14.8 Å². The largest absolute Gasteiger partial charge is 0.388 e. The molecule has 21 heavy (non-hydrogen) atoms. The SMILES string of the molecule is CCCn1c(CO)nnc1-c1ccc2cc(Br)ccc2c1. The van der Waals surface area contributed by atoms with E-state index in [-0.39, 0.29) is 6.61 Å². The van der Waals surface area contributed by atoms with Crippen LogP contribution in [0.15, 0.2) is 40.9 Å². The third kappa shape index (κ3) is 2.71. The van der Waals surface area contributed by atoms with Gasteiger partial charge in [0.25, 0.3) is 0 Å². The van der Waals surface area contributed by atoms with Gasteiger partial charge in [-0.15, -0.1) is 10.2 Å². The Kier molecular flexibility index (Phi) is 4.03. The second-order valence-electron chi connectivity index (χ2n) is 4.96. The Bertz CT molecular complexity index is 782. The smallest absolute Gasteiger partial charge is 0.164 e. The molecule has 0 radical (unpaired) electrons. The number of aromatic nitrogens is 3. The van der Waals surface area contributed by atoms with E-state index in [4.69, 9.17) is 0 Å². The van der Waals surface area contributed by atoms with Crippen LogP contribution >= 0.6 is 15.9 Å². The maximum Gasteiger partial charge on any atom is 0.164 e.